The van der Waals surface area contributed by atoms with Crippen molar-refractivity contribution in [3.05, 3.63) is 47.8 Å². The molecule has 1 aromatic carbocycles. The quantitative estimate of drug-likeness (QED) is 0.767. The molecule has 0 unspecified atom stereocenters. The fraction of sp³-hybridized carbons (Fsp3) is 0.412. The van der Waals surface area contributed by atoms with Gasteiger partial charge < -0.3 is 15.4 Å². The van der Waals surface area contributed by atoms with E-state index in [9.17, 15) is 13.6 Å². The van der Waals surface area contributed by atoms with Gasteiger partial charge in [-0.3, -0.25) is 4.68 Å². The summed E-state index contributed by atoms with van der Waals surface area (Å²) in [6.07, 6.45) is 4.82. The highest BCUT2D eigenvalue weighted by Gasteiger charge is 2.18. The second kappa shape index (κ2) is 9.00. The number of benzene rings is 1. The van der Waals surface area contributed by atoms with E-state index in [0.717, 1.165) is 5.56 Å². The van der Waals surface area contributed by atoms with Gasteiger partial charge in [-0.2, -0.15) is 13.9 Å². The Morgan fingerprint density at radius 2 is 2.12 bits per heavy atom. The number of carbonyl (C=O) groups is 1. The summed E-state index contributed by atoms with van der Waals surface area (Å²) in [6.45, 7) is -0.602. The number of nitrogens with zero attached hydrogens (tertiary/aromatic N) is 2. The van der Waals surface area contributed by atoms with Crippen LogP contribution in [0.5, 0.6) is 5.75 Å². The Labute approximate surface area is 145 Å². The van der Waals surface area contributed by atoms with Crippen molar-refractivity contribution in [2.45, 2.75) is 32.4 Å². The number of nitrogens with one attached hydrogen (secondary N) is 2. The van der Waals surface area contributed by atoms with Crippen LogP contribution in [0.2, 0.25) is 0 Å². The van der Waals surface area contributed by atoms with Crippen LogP contribution in [0.1, 0.15) is 30.5 Å². The first kappa shape index (κ1) is 18.7. The van der Waals surface area contributed by atoms with Crippen LogP contribution >= 0.6 is 0 Å². The Balaban J connectivity index is 1.91. The lowest BCUT2D eigenvalue weighted by Crippen LogP contribution is -2.38. The number of ether oxygens (including phenoxy) is 1. The van der Waals surface area contributed by atoms with Gasteiger partial charge in [0.05, 0.1) is 12.2 Å². The lowest BCUT2D eigenvalue weighted by atomic mass is 10.0. The molecule has 2 N–H and O–H groups in total. The van der Waals surface area contributed by atoms with Gasteiger partial charge in [0.15, 0.2) is 0 Å². The number of carbonyl (C=O) groups excluding carboxylic acids is 1. The molecule has 2 amide bonds. The van der Waals surface area contributed by atoms with E-state index in [1.165, 1.54) is 6.07 Å². The maximum absolute atomic E-state index is 12.5. The molecule has 0 aliphatic heterocycles. The topological polar surface area (TPSA) is 68.2 Å². The normalized spacial score (nSPS) is 12.0. The molecule has 1 atom stereocenters. The van der Waals surface area contributed by atoms with Crippen LogP contribution in [0.15, 0.2) is 36.7 Å². The van der Waals surface area contributed by atoms with Crippen molar-refractivity contribution < 1.29 is 18.3 Å². The molecule has 0 saturated carbocycles. The SMILES string of the molecule is CC[C@H](NC(=O)NCCc1cnn(C)c1)c1ccccc1OC(F)F. The average molecular weight is 352 g/mol. The van der Waals surface area contributed by atoms with Gasteiger partial charge in [-0.1, -0.05) is 25.1 Å². The number of amides is 2. The maximum atomic E-state index is 12.5. The van der Waals surface area contributed by atoms with E-state index in [4.69, 9.17) is 0 Å². The third kappa shape index (κ3) is 5.74. The van der Waals surface area contributed by atoms with E-state index in [2.05, 4.69) is 20.5 Å². The van der Waals surface area contributed by atoms with Crippen LogP contribution < -0.4 is 15.4 Å². The summed E-state index contributed by atoms with van der Waals surface area (Å²) in [6, 6.07) is 5.68. The molecular weight excluding hydrogens is 330 g/mol. The molecule has 2 aromatic rings. The molecule has 25 heavy (non-hydrogen) atoms. The molecule has 2 rings (SSSR count). The van der Waals surface area contributed by atoms with Gasteiger partial charge in [0, 0.05) is 25.4 Å². The first-order valence-corrected chi connectivity index (χ1v) is 8.05. The fourth-order valence-corrected chi connectivity index (χ4v) is 2.50. The van der Waals surface area contributed by atoms with Crippen molar-refractivity contribution in [1.29, 1.82) is 0 Å². The van der Waals surface area contributed by atoms with Gasteiger partial charge in [-0.25, -0.2) is 4.79 Å². The molecule has 1 heterocycles. The van der Waals surface area contributed by atoms with Gasteiger partial charge in [0.1, 0.15) is 5.75 Å². The lowest BCUT2D eigenvalue weighted by molar-refractivity contribution is -0.0506. The number of hydrogen-bond donors (Lipinski definition) is 2. The van der Waals surface area contributed by atoms with Gasteiger partial charge in [-0.05, 0) is 24.5 Å². The van der Waals surface area contributed by atoms with Gasteiger partial charge >= 0.3 is 12.6 Å². The monoisotopic (exact) mass is 352 g/mol. The number of halogens is 2. The van der Waals surface area contributed by atoms with Crippen LogP contribution in [0.3, 0.4) is 0 Å². The van der Waals surface area contributed by atoms with Crippen molar-refractivity contribution in [1.82, 2.24) is 20.4 Å². The van der Waals surface area contributed by atoms with Crippen LogP contribution in [-0.4, -0.2) is 29.0 Å². The largest absolute Gasteiger partial charge is 0.434 e. The number of urea groups is 1. The molecular formula is C17H22F2N4O2. The van der Waals surface area contributed by atoms with Crippen molar-refractivity contribution in [2.75, 3.05) is 6.54 Å². The highest BCUT2D eigenvalue weighted by atomic mass is 19.3. The predicted molar refractivity (Wildman–Crippen MR) is 89.6 cm³/mol. The van der Waals surface area contributed by atoms with Crippen molar-refractivity contribution in [3.8, 4) is 5.75 Å². The summed E-state index contributed by atoms with van der Waals surface area (Å²) < 4.78 is 31.3. The molecule has 0 aliphatic rings. The van der Waals surface area contributed by atoms with Gasteiger partial charge in [-0.15, -0.1) is 0 Å². The van der Waals surface area contributed by atoms with E-state index >= 15 is 0 Å². The van der Waals surface area contributed by atoms with Crippen molar-refractivity contribution in [2.24, 2.45) is 7.05 Å². The number of rotatable bonds is 8. The zero-order valence-corrected chi connectivity index (χ0v) is 14.2. The Bertz CT molecular complexity index is 691. The second-order valence-electron chi connectivity index (χ2n) is 5.55. The molecule has 6 nitrogen and oxygen atoms in total. The molecule has 0 fully saturated rings. The first-order chi connectivity index (χ1) is 12.0. The summed E-state index contributed by atoms with van der Waals surface area (Å²) in [5, 5.41) is 9.61. The number of aryl methyl sites for hydroxylation is 1. The molecule has 0 aliphatic carbocycles. The van der Waals surface area contributed by atoms with Crippen LogP contribution in [-0.2, 0) is 13.5 Å². The molecule has 0 saturated heterocycles. The Kier molecular flexibility index (Phi) is 6.73. The third-order valence-corrected chi connectivity index (χ3v) is 3.68. The minimum atomic E-state index is -2.91. The number of para-hydroxylation sites is 1. The molecule has 8 heteroatoms. The fourth-order valence-electron chi connectivity index (χ4n) is 2.50. The van der Waals surface area contributed by atoms with E-state index in [-0.39, 0.29) is 11.8 Å². The van der Waals surface area contributed by atoms with Crippen LogP contribution in [0, 0.1) is 0 Å². The zero-order chi connectivity index (χ0) is 18.2. The number of hydrogen-bond acceptors (Lipinski definition) is 3. The Morgan fingerprint density at radius 1 is 1.36 bits per heavy atom. The molecule has 0 spiro atoms. The third-order valence-electron chi connectivity index (χ3n) is 3.68. The molecule has 136 valence electrons. The number of alkyl halides is 2. The van der Waals surface area contributed by atoms with Gasteiger partial charge in [0.2, 0.25) is 0 Å². The summed E-state index contributed by atoms with van der Waals surface area (Å²) in [7, 11) is 1.83. The highest BCUT2D eigenvalue weighted by molar-refractivity contribution is 5.74. The van der Waals surface area contributed by atoms with Gasteiger partial charge in [0.25, 0.3) is 0 Å². The summed E-state index contributed by atoms with van der Waals surface area (Å²) in [5.74, 6) is 0.0695. The molecule has 0 bridgehead atoms. The number of aromatic nitrogens is 2. The average Bonchev–Trinajstić information content (AvgIpc) is 2.98. The molecule has 0 radical (unpaired) electrons. The predicted octanol–water partition coefficient (Wildman–Crippen LogP) is 3.01. The molecule has 1 aromatic heterocycles. The smallest absolute Gasteiger partial charge is 0.387 e. The van der Waals surface area contributed by atoms with E-state index in [1.54, 1.807) is 29.1 Å². The zero-order valence-electron chi connectivity index (χ0n) is 14.2. The summed E-state index contributed by atoms with van der Waals surface area (Å²) >= 11 is 0. The second-order valence-corrected chi connectivity index (χ2v) is 5.55. The summed E-state index contributed by atoms with van der Waals surface area (Å²) in [5.41, 5.74) is 1.54. The van der Waals surface area contributed by atoms with Crippen LogP contribution in [0.4, 0.5) is 13.6 Å². The standard InChI is InChI=1S/C17H22F2N4O2/c1-3-14(13-6-4-5-7-15(13)25-16(18)19)22-17(24)20-9-8-12-10-21-23(2)11-12/h4-7,10-11,14,16H,3,8-9H2,1-2H3,(H2,20,22,24)/t14-/m0/s1. The Morgan fingerprint density at radius 3 is 2.76 bits per heavy atom. The van der Waals surface area contributed by atoms with Crippen LogP contribution in [0.25, 0.3) is 0 Å². The van der Waals surface area contributed by atoms with E-state index in [1.807, 2.05) is 20.2 Å². The summed E-state index contributed by atoms with van der Waals surface area (Å²) in [4.78, 5) is 12.1. The van der Waals surface area contributed by atoms with Crippen molar-refractivity contribution >= 4 is 6.03 Å². The maximum Gasteiger partial charge on any atom is 0.387 e. The first-order valence-electron chi connectivity index (χ1n) is 8.05. The Hall–Kier alpha value is -2.64. The van der Waals surface area contributed by atoms with E-state index < -0.39 is 12.7 Å². The minimum Gasteiger partial charge on any atom is -0.434 e. The minimum absolute atomic E-state index is 0.0695. The van der Waals surface area contributed by atoms with E-state index in [0.29, 0.717) is 24.9 Å². The lowest BCUT2D eigenvalue weighted by Gasteiger charge is -2.20. The highest BCUT2D eigenvalue weighted by Crippen LogP contribution is 2.28. The van der Waals surface area contributed by atoms with Crippen molar-refractivity contribution in [3.63, 3.8) is 0 Å².